The Balaban J connectivity index is 0.00000341. The normalized spacial score (nSPS) is 14.6. The molecule has 0 spiro atoms. The highest BCUT2D eigenvalue weighted by molar-refractivity contribution is 14.0. The molecule has 31 heavy (non-hydrogen) atoms. The standard InChI is InChI=1S/C24H33N3O3.HI/c1-25-24(26-13-10-19-6-8-22(28-2)9-7-19)27-17-20-4-3-5-21(16-20)18-30-23-11-14-29-15-12-23;/h3-9,16,23H,10-15,17-18H2,1-2H3,(H2,25,26,27);1H. The van der Waals surface area contributed by atoms with Crippen molar-refractivity contribution in [3.63, 3.8) is 0 Å². The summed E-state index contributed by atoms with van der Waals surface area (Å²) in [6.45, 7) is 3.78. The van der Waals surface area contributed by atoms with Crippen LogP contribution in [-0.4, -0.2) is 46.0 Å². The van der Waals surface area contributed by atoms with Gasteiger partial charge in [-0.3, -0.25) is 4.99 Å². The number of benzene rings is 2. The molecule has 1 fully saturated rings. The first kappa shape index (κ1) is 25.4. The summed E-state index contributed by atoms with van der Waals surface area (Å²) in [6, 6.07) is 16.7. The van der Waals surface area contributed by atoms with Gasteiger partial charge in [0.2, 0.25) is 0 Å². The molecule has 2 N–H and O–H groups in total. The van der Waals surface area contributed by atoms with E-state index in [0.29, 0.717) is 19.3 Å². The molecular formula is C24H34IN3O3. The van der Waals surface area contributed by atoms with E-state index in [-0.39, 0.29) is 24.0 Å². The summed E-state index contributed by atoms with van der Waals surface area (Å²) in [4.78, 5) is 4.32. The molecule has 0 amide bonds. The predicted octanol–water partition coefficient (Wildman–Crippen LogP) is 3.92. The lowest BCUT2D eigenvalue weighted by Crippen LogP contribution is -2.37. The zero-order valence-electron chi connectivity index (χ0n) is 18.4. The Morgan fingerprint density at radius 3 is 2.48 bits per heavy atom. The maximum atomic E-state index is 6.04. The van der Waals surface area contributed by atoms with Crippen molar-refractivity contribution >= 4 is 29.9 Å². The fourth-order valence-corrected chi connectivity index (χ4v) is 3.41. The summed E-state index contributed by atoms with van der Waals surface area (Å²) in [5, 5.41) is 6.76. The van der Waals surface area contributed by atoms with Crippen LogP contribution in [0.3, 0.4) is 0 Å². The first-order chi connectivity index (χ1) is 14.8. The van der Waals surface area contributed by atoms with Gasteiger partial charge in [-0.1, -0.05) is 36.4 Å². The molecular weight excluding hydrogens is 505 g/mol. The fourth-order valence-electron chi connectivity index (χ4n) is 3.41. The molecule has 0 radical (unpaired) electrons. The van der Waals surface area contributed by atoms with Gasteiger partial charge in [-0.15, -0.1) is 24.0 Å². The van der Waals surface area contributed by atoms with E-state index in [1.54, 1.807) is 14.2 Å². The number of hydrogen-bond donors (Lipinski definition) is 2. The van der Waals surface area contributed by atoms with Gasteiger partial charge in [-0.05, 0) is 48.1 Å². The van der Waals surface area contributed by atoms with E-state index in [9.17, 15) is 0 Å². The van der Waals surface area contributed by atoms with Gasteiger partial charge in [-0.2, -0.15) is 0 Å². The SMILES string of the molecule is CN=C(NCCc1ccc(OC)cc1)NCc1cccc(COC2CCOCC2)c1.I. The molecule has 1 aliphatic heterocycles. The van der Waals surface area contributed by atoms with Crippen molar-refractivity contribution in [3.8, 4) is 5.75 Å². The van der Waals surface area contributed by atoms with Crippen molar-refractivity contribution < 1.29 is 14.2 Å². The van der Waals surface area contributed by atoms with Crippen molar-refractivity contribution in [3.05, 3.63) is 65.2 Å². The maximum Gasteiger partial charge on any atom is 0.191 e. The average Bonchev–Trinajstić information content (AvgIpc) is 2.81. The van der Waals surface area contributed by atoms with Crippen LogP contribution >= 0.6 is 24.0 Å². The third-order valence-electron chi connectivity index (χ3n) is 5.19. The Labute approximate surface area is 202 Å². The van der Waals surface area contributed by atoms with E-state index >= 15 is 0 Å². The van der Waals surface area contributed by atoms with Crippen LogP contribution in [0.25, 0.3) is 0 Å². The van der Waals surface area contributed by atoms with Crippen LogP contribution in [0.2, 0.25) is 0 Å². The van der Waals surface area contributed by atoms with Crippen LogP contribution < -0.4 is 15.4 Å². The molecule has 2 aromatic rings. The van der Waals surface area contributed by atoms with E-state index in [1.165, 1.54) is 16.7 Å². The summed E-state index contributed by atoms with van der Waals surface area (Å²) in [7, 11) is 3.47. The van der Waals surface area contributed by atoms with Crippen LogP contribution in [-0.2, 0) is 29.0 Å². The minimum atomic E-state index is 0. The number of nitrogens with zero attached hydrogens (tertiary/aromatic N) is 1. The van der Waals surface area contributed by atoms with Crippen LogP contribution in [0.1, 0.15) is 29.5 Å². The summed E-state index contributed by atoms with van der Waals surface area (Å²) >= 11 is 0. The number of aliphatic imine (C=N–C) groups is 1. The molecule has 2 aromatic carbocycles. The summed E-state index contributed by atoms with van der Waals surface area (Å²) in [6.07, 6.45) is 3.21. The van der Waals surface area contributed by atoms with E-state index in [1.807, 2.05) is 12.1 Å². The average molecular weight is 539 g/mol. The maximum absolute atomic E-state index is 6.04. The number of ether oxygens (including phenoxy) is 3. The topological polar surface area (TPSA) is 64.1 Å². The molecule has 3 rings (SSSR count). The number of halogens is 1. The molecule has 170 valence electrons. The number of hydrogen-bond acceptors (Lipinski definition) is 4. The number of nitrogens with one attached hydrogen (secondary N) is 2. The Hall–Kier alpha value is -1.84. The first-order valence-corrected chi connectivity index (χ1v) is 10.6. The third-order valence-corrected chi connectivity index (χ3v) is 5.19. The molecule has 0 saturated carbocycles. The summed E-state index contributed by atoms with van der Waals surface area (Å²) < 4.78 is 16.6. The lowest BCUT2D eigenvalue weighted by molar-refractivity contribution is -0.0390. The van der Waals surface area contributed by atoms with Crippen LogP contribution in [0, 0.1) is 0 Å². The molecule has 0 atom stereocenters. The Kier molecular flexibility index (Phi) is 11.7. The van der Waals surface area contributed by atoms with Crippen molar-refractivity contribution in [2.24, 2.45) is 4.99 Å². The largest absolute Gasteiger partial charge is 0.497 e. The van der Waals surface area contributed by atoms with Crippen molar-refractivity contribution in [2.45, 2.75) is 38.5 Å². The monoisotopic (exact) mass is 539 g/mol. The van der Waals surface area contributed by atoms with E-state index in [2.05, 4.69) is 52.0 Å². The van der Waals surface area contributed by atoms with E-state index in [0.717, 1.165) is 50.7 Å². The minimum absolute atomic E-state index is 0. The molecule has 0 aromatic heterocycles. The van der Waals surface area contributed by atoms with Gasteiger partial charge in [0.05, 0.1) is 19.8 Å². The van der Waals surface area contributed by atoms with Gasteiger partial charge in [-0.25, -0.2) is 0 Å². The summed E-state index contributed by atoms with van der Waals surface area (Å²) in [5.41, 5.74) is 3.67. The van der Waals surface area contributed by atoms with Crippen molar-refractivity contribution in [1.82, 2.24) is 10.6 Å². The van der Waals surface area contributed by atoms with Gasteiger partial charge >= 0.3 is 0 Å². The van der Waals surface area contributed by atoms with Crippen LogP contribution in [0.4, 0.5) is 0 Å². The minimum Gasteiger partial charge on any atom is -0.497 e. The molecule has 6 nitrogen and oxygen atoms in total. The fraction of sp³-hybridized carbons (Fsp3) is 0.458. The molecule has 0 bridgehead atoms. The van der Waals surface area contributed by atoms with Crippen molar-refractivity contribution in [1.29, 1.82) is 0 Å². The molecule has 0 aliphatic carbocycles. The summed E-state index contributed by atoms with van der Waals surface area (Å²) in [5.74, 6) is 1.68. The van der Waals surface area contributed by atoms with Crippen LogP contribution in [0.5, 0.6) is 5.75 Å². The third kappa shape index (κ3) is 9.04. The zero-order valence-corrected chi connectivity index (χ0v) is 20.8. The first-order valence-electron chi connectivity index (χ1n) is 10.6. The lowest BCUT2D eigenvalue weighted by Gasteiger charge is -2.22. The predicted molar refractivity (Wildman–Crippen MR) is 135 cm³/mol. The molecule has 7 heteroatoms. The Morgan fingerprint density at radius 2 is 1.77 bits per heavy atom. The van der Waals surface area contributed by atoms with Gasteiger partial charge in [0.25, 0.3) is 0 Å². The highest BCUT2D eigenvalue weighted by Gasteiger charge is 2.14. The van der Waals surface area contributed by atoms with Crippen LogP contribution in [0.15, 0.2) is 53.5 Å². The smallest absolute Gasteiger partial charge is 0.191 e. The molecule has 1 saturated heterocycles. The van der Waals surface area contributed by atoms with E-state index in [4.69, 9.17) is 14.2 Å². The van der Waals surface area contributed by atoms with Gasteiger partial charge < -0.3 is 24.8 Å². The lowest BCUT2D eigenvalue weighted by atomic mass is 10.1. The highest BCUT2D eigenvalue weighted by atomic mass is 127. The highest BCUT2D eigenvalue weighted by Crippen LogP contribution is 2.14. The van der Waals surface area contributed by atoms with Gasteiger partial charge in [0, 0.05) is 33.4 Å². The number of guanidine groups is 1. The number of rotatable bonds is 9. The zero-order chi connectivity index (χ0) is 21.0. The van der Waals surface area contributed by atoms with Gasteiger partial charge in [0.1, 0.15) is 5.75 Å². The quantitative estimate of drug-likeness (QED) is 0.288. The van der Waals surface area contributed by atoms with Gasteiger partial charge in [0.15, 0.2) is 5.96 Å². The second-order valence-electron chi connectivity index (χ2n) is 7.39. The van der Waals surface area contributed by atoms with E-state index < -0.39 is 0 Å². The second kappa shape index (κ2) is 14.3. The Morgan fingerprint density at radius 1 is 1.03 bits per heavy atom. The molecule has 1 heterocycles. The molecule has 0 unspecified atom stereocenters. The number of methoxy groups -OCH3 is 1. The van der Waals surface area contributed by atoms with Crippen molar-refractivity contribution in [2.75, 3.05) is 33.9 Å². The Bertz CT molecular complexity index is 793. The second-order valence-corrected chi connectivity index (χ2v) is 7.39. The molecule has 1 aliphatic rings.